The molecule has 2 aliphatic heterocycles. The number of likely N-dealkylation sites (tertiary alicyclic amines) is 1. The van der Waals surface area contributed by atoms with Crippen LogP contribution in [0.25, 0.3) is 0 Å². The molecule has 0 spiro atoms. The van der Waals surface area contributed by atoms with E-state index in [2.05, 4.69) is 5.32 Å². The van der Waals surface area contributed by atoms with E-state index in [4.69, 9.17) is 4.74 Å². The molecule has 130 valence electrons. The number of likely N-dealkylation sites (N-methyl/N-ethyl adjacent to an activating group) is 1. The summed E-state index contributed by atoms with van der Waals surface area (Å²) < 4.78 is 5.77. The number of carbonyl (C=O) groups is 2. The van der Waals surface area contributed by atoms with Crippen LogP contribution in [0.4, 0.5) is 4.79 Å². The molecule has 2 heterocycles. The lowest BCUT2D eigenvalue weighted by molar-refractivity contribution is -0.133. The number of piperidine rings is 1. The Hall–Kier alpha value is -2.24. The van der Waals surface area contributed by atoms with Crippen LogP contribution in [0.2, 0.25) is 0 Å². The Morgan fingerprint density at radius 3 is 2.96 bits per heavy atom. The highest BCUT2D eigenvalue weighted by molar-refractivity contribution is 5.79. The van der Waals surface area contributed by atoms with Crippen LogP contribution in [0.1, 0.15) is 24.0 Å². The van der Waals surface area contributed by atoms with Gasteiger partial charge in [-0.25, -0.2) is 4.79 Å². The fourth-order valence-corrected chi connectivity index (χ4v) is 3.47. The average molecular weight is 331 g/mol. The Kier molecular flexibility index (Phi) is 4.64. The summed E-state index contributed by atoms with van der Waals surface area (Å²) in [6.45, 7) is 5.73. The van der Waals surface area contributed by atoms with Crippen molar-refractivity contribution in [2.45, 2.75) is 38.8 Å². The Morgan fingerprint density at radius 1 is 1.38 bits per heavy atom. The standard InChI is InChI=1S/C18H25N3O3/c1-12-5-4-6-16(13(12)2)24-10-8-17(22)21-9-7-15-14(11-21)19-18(23)20(15)3/h4-6,14-15H,7-11H2,1-3H3,(H,19,23)/t14-,15+/m1/s1. The summed E-state index contributed by atoms with van der Waals surface area (Å²) in [5.74, 6) is 0.925. The molecule has 2 saturated heterocycles. The van der Waals surface area contributed by atoms with Crippen LogP contribution in [0.5, 0.6) is 5.75 Å². The van der Waals surface area contributed by atoms with Crippen LogP contribution in [0, 0.1) is 13.8 Å². The Labute approximate surface area is 142 Å². The fourth-order valence-electron chi connectivity index (χ4n) is 3.47. The monoisotopic (exact) mass is 331 g/mol. The number of hydrogen-bond acceptors (Lipinski definition) is 3. The van der Waals surface area contributed by atoms with Crippen molar-refractivity contribution in [2.24, 2.45) is 0 Å². The first-order chi connectivity index (χ1) is 11.5. The van der Waals surface area contributed by atoms with Gasteiger partial charge < -0.3 is 19.9 Å². The van der Waals surface area contributed by atoms with E-state index < -0.39 is 0 Å². The van der Waals surface area contributed by atoms with E-state index in [1.54, 1.807) is 4.90 Å². The molecule has 2 fully saturated rings. The third-order valence-corrected chi connectivity index (χ3v) is 5.18. The number of carbonyl (C=O) groups excluding carboxylic acids is 2. The molecule has 0 aliphatic carbocycles. The summed E-state index contributed by atoms with van der Waals surface area (Å²) in [4.78, 5) is 27.7. The van der Waals surface area contributed by atoms with E-state index in [1.165, 1.54) is 5.56 Å². The van der Waals surface area contributed by atoms with E-state index in [-0.39, 0.29) is 24.0 Å². The van der Waals surface area contributed by atoms with Gasteiger partial charge in [0.1, 0.15) is 5.75 Å². The number of nitrogens with zero attached hydrogens (tertiary/aromatic N) is 2. The maximum absolute atomic E-state index is 12.4. The average Bonchev–Trinajstić information content (AvgIpc) is 2.85. The molecule has 1 aromatic rings. The van der Waals surface area contributed by atoms with Crippen LogP contribution < -0.4 is 10.1 Å². The fraction of sp³-hybridized carbons (Fsp3) is 0.556. The summed E-state index contributed by atoms with van der Waals surface area (Å²) >= 11 is 0. The van der Waals surface area contributed by atoms with Gasteiger partial charge in [0.2, 0.25) is 5.91 Å². The molecular weight excluding hydrogens is 306 g/mol. The number of nitrogens with one attached hydrogen (secondary N) is 1. The van der Waals surface area contributed by atoms with Gasteiger partial charge in [-0.1, -0.05) is 12.1 Å². The number of aryl methyl sites for hydroxylation is 1. The zero-order valence-electron chi connectivity index (χ0n) is 14.5. The SMILES string of the molecule is Cc1cccc(OCCC(=O)N2CC[C@H]3[C@@H](C2)NC(=O)N3C)c1C. The van der Waals surface area contributed by atoms with Gasteiger partial charge in [-0.2, -0.15) is 0 Å². The van der Waals surface area contributed by atoms with Gasteiger partial charge in [0.15, 0.2) is 0 Å². The number of hydrogen-bond donors (Lipinski definition) is 1. The number of fused-ring (bicyclic) bond motifs is 1. The van der Waals surface area contributed by atoms with Crippen molar-refractivity contribution in [1.29, 1.82) is 0 Å². The van der Waals surface area contributed by atoms with Gasteiger partial charge in [-0.15, -0.1) is 0 Å². The van der Waals surface area contributed by atoms with Crippen LogP contribution in [0.3, 0.4) is 0 Å². The van der Waals surface area contributed by atoms with Crippen molar-refractivity contribution in [1.82, 2.24) is 15.1 Å². The van der Waals surface area contributed by atoms with E-state index in [9.17, 15) is 9.59 Å². The Bertz CT molecular complexity index is 646. The first kappa shape index (κ1) is 16.6. The molecule has 0 aromatic heterocycles. The molecule has 0 unspecified atom stereocenters. The first-order valence-electron chi connectivity index (χ1n) is 8.47. The van der Waals surface area contributed by atoms with Gasteiger partial charge in [-0.3, -0.25) is 4.79 Å². The zero-order valence-corrected chi connectivity index (χ0v) is 14.5. The maximum atomic E-state index is 12.4. The summed E-state index contributed by atoms with van der Waals surface area (Å²) in [7, 11) is 1.81. The molecule has 2 atom stereocenters. The minimum absolute atomic E-state index is 0.0418. The van der Waals surface area contributed by atoms with Crippen molar-refractivity contribution >= 4 is 11.9 Å². The molecule has 2 aliphatic rings. The van der Waals surface area contributed by atoms with Gasteiger partial charge in [0, 0.05) is 20.1 Å². The summed E-state index contributed by atoms with van der Waals surface area (Å²) in [5.41, 5.74) is 2.30. The lowest BCUT2D eigenvalue weighted by atomic mass is 10.00. The normalized spacial score (nSPS) is 23.0. The van der Waals surface area contributed by atoms with Gasteiger partial charge in [0.05, 0.1) is 25.1 Å². The van der Waals surface area contributed by atoms with Crippen molar-refractivity contribution in [3.63, 3.8) is 0 Å². The Balaban J connectivity index is 1.49. The highest BCUT2D eigenvalue weighted by atomic mass is 16.5. The predicted octanol–water partition coefficient (Wildman–Crippen LogP) is 1.70. The molecular formula is C18H25N3O3. The van der Waals surface area contributed by atoms with E-state index in [1.807, 2.05) is 44.0 Å². The number of ether oxygens (including phenoxy) is 1. The quantitative estimate of drug-likeness (QED) is 0.913. The second kappa shape index (κ2) is 6.71. The minimum Gasteiger partial charge on any atom is -0.493 e. The van der Waals surface area contributed by atoms with Crippen molar-refractivity contribution in [2.75, 3.05) is 26.7 Å². The van der Waals surface area contributed by atoms with Crippen LogP contribution in [-0.2, 0) is 4.79 Å². The predicted molar refractivity (Wildman–Crippen MR) is 91.1 cm³/mol. The highest BCUT2D eigenvalue weighted by Gasteiger charge is 2.41. The second-order valence-electron chi connectivity index (χ2n) is 6.66. The first-order valence-corrected chi connectivity index (χ1v) is 8.47. The molecule has 1 N–H and O–H groups in total. The third kappa shape index (κ3) is 3.18. The van der Waals surface area contributed by atoms with Crippen molar-refractivity contribution in [3.8, 4) is 5.75 Å². The smallest absolute Gasteiger partial charge is 0.317 e. The van der Waals surface area contributed by atoms with Crippen LogP contribution in [-0.4, -0.2) is 60.6 Å². The Morgan fingerprint density at radius 2 is 2.17 bits per heavy atom. The van der Waals surface area contributed by atoms with Gasteiger partial charge in [-0.05, 0) is 37.5 Å². The van der Waals surface area contributed by atoms with Gasteiger partial charge in [0.25, 0.3) is 0 Å². The molecule has 6 nitrogen and oxygen atoms in total. The molecule has 0 saturated carbocycles. The summed E-state index contributed by atoms with van der Waals surface area (Å²) in [5, 5.41) is 2.95. The zero-order chi connectivity index (χ0) is 17.3. The number of benzene rings is 1. The lowest BCUT2D eigenvalue weighted by Crippen LogP contribution is -2.52. The van der Waals surface area contributed by atoms with Crippen molar-refractivity contribution < 1.29 is 14.3 Å². The van der Waals surface area contributed by atoms with Crippen LogP contribution in [0.15, 0.2) is 18.2 Å². The molecule has 1 aromatic carbocycles. The number of urea groups is 1. The number of rotatable bonds is 4. The third-order valence-electron chi connectivity index (χ3n) is 5.18. The lowest BCUT2D eigenvalue weighted by Gasteiger charge is -2.35. The molecule has 24 heavy (non-hydrogen) atoms. The van der Waals surface area contributed by atoms with Crippen LogP contribution >= 0.6 is 0 Å². The molecule has 0 radical (unpaired) electrons. The topological polar surface area (TPSA) is 61.9 Å². The number of amides is 3. The highest BCUT2D eigenvalue weighted by Crippen LogP contribution is 2.23. The van der Waals surface area contributed by atoms with E-state index in [0.717, 1.165) is 17.7 Å². The van der Waals surface area contributed by atoms with E-state index in [0.29, 0.717) is 26.1 Å². The maximum Gasteiger partial charge on any atom is 0.317 e. The summed E-state index contributed by atoms with van der Waals surface area (Å²) in [6.07, 6.45) is 1.18. The molecule has 0 bridgehead atoms. The van der Waals surface area contributed by atoms with Gasteiger partial charge >= 0.3 is 6.03 Å². The molecule has 3 amide bonds. The summed E-state index contributed by atoms with van der Waals surface area (Å²) in [6, 6.07) is 6.14. The van der Waals surface area contributed by atoms with E-state index >= 15 is 0 Å². The largest absolute Gasteiger partial charge is 0.493 e. The minimum atomic E-state index is -0.0439. The molecule has 3 rings (SSSR count). The second-order valence-corrected chi connectivity index (χ2v) is 6.66. The molecule has 6 heteroatoms. The van der Waals surface area contributed by atoms with Crippen molar-refractivity contribution in [3.05, 3.63) is 29.3 Å².